The molecule has 1 heterocycles. The molecule has 1 saturated heterocycles. The van der Waals surface area contributed by atoms with E-state index in [2.05, 4.69) is 45.4 Å². The van der Waals surface area contributed by atoms with Crippen LogP contribution < -0.4 is 5.32 Å². The van der Waals surface area contributed by atoms with Gasteiger partial charge in [0.25, 0.3) is 0 Å². The Morgan fingerprint density at radius 3 is 2.02 bits per heavy atom. The van der Waals surface area contributed by atoms with Crippen LogP contribution >= 0.6 is 0 Å². The van der Waals surface area contributed by atoms with Crippen molar-refractivity contribution in [1.29, 1.82) is 0 Å². The van der Waals surface area contributed by atoms with Gasteiger partial charge in [0.2, 0.25) is 0 Å². The van der Waals surface area contributed by atoms with Gasteiger partial charge in [0.05, 0.1) is 57.2 Å². The number of azide groups is 4. The first kappa shape index (κ1) is 45.9. The average molecular weight is 822 g/mol. The second kappa shape index (κ2) is 22.9. The van der Waals surface area contributed by atoms with Crippen LogP contribution in [0.5, 0.6) is 0 Å². The van der Waals surface area contributed by atoms with Crippen LogP contribution in [0.1, 0.15) is 45.2 Å². The molecule has 2 aromatic carbocycles. The average Bonchev–Trinajstić information content (AvgIpc) is 3.19. The molecule has 2 aliphatic rings. The van der Waals surface area contributed by atoms with E-state index in [1.807, 2.05) is 60.7 Å². The Labute approximate surface area is 338 Å². The molecule has 0 radical (unpaired) electrons. The summed E-state index contributed by atoms with van der Waals surface area (Å²) in [6, 6.07) is 14.7. The number of nitrogens with one attached hydrogen (secondary N) is 1. The van der Waals surface area contributed by atoms with Crippen molar-refractivity contribution in [2.45, 2.75) is 120 Å². The zero-order valence-corrected chi connectivity index (χ0v) is 32.9. The lowest BCUT2D eigenvalue weighted by Crippen LogP contribution is -2.65. The zero-order chi connectivity index (χ0) is 42.8. The van der Waals surface area contributed by atoms with Gasteiger partial charge >= 0.3 is 12.1 Å². The van der Waals surface area contributed by atoms with Crippen molar-refractivity contribution < 1.29 is 47.9 Å². The summed E-state index contributed by atoms with van der Waals surface area (Å²) < 4.78 is 42.3. The van der Waals surface area contributed by atoms with E-state index in [0.29, 0.717) is 0 Å². The predicted molar refractivity (Wildman–Crippen MR) is 207 cm³/mol. The Kier molecular flexibility index (Phi) is 17.8. The van der Waals surface area contributed by atoms with Crippen LogP contribution in [0.4, 0.5) is 4.79 Å². The Morgan fingerprint density at radius 1 is 0.847 bits per heavy atom. The van der Waals surface area contributed by atoms with Crippen molar-refractivity contribution in [3.8, 4) is 0 Å². The highest BCUT2D eigenvalue weighted by Crippen LogP contribution is 2.35. The summed E-state index contributed by atoms with van der Waals surface area (Å²) in [6.45, 7) is 5.16. The molecule has 1 aliphatic heterocycles. The van der Waals surface area contributed by atoms with E-state index in [4.69, 9.17) is 38.7 Å². The number of carbonyl (C=O) groups excluding carboxylic acids is 2. The van der Waals surface area contributed by atoms with E-state index in [0.717, 1.165) is 18.1 Å². The molecule has 2 N–H and O–H groups in total. The Balaban J connectivity index is 1.73. The van der Waals surface area contributed by atoms with E-state index < -0.39 is 91.4 Å². The fourth-order valence-corrected chi connectivity index (χ4v) is 6.58. The molecule has 4 rings (SSSR count). The minimum Gasteiger partial charge on any atom is -0.460 e. The quantitative estimate of drug-likeness (QED) is 0.0697. The summed E-state index contributed by atoms with van der Waals surface area (Å²) in [7, 11) is 0. The van der Waals surface area contributed by atoms with Crippen LogP contribution in [-0.2, 0) is 51.2 Å². The summed E-state index contributed by atoms with van der Waals surface area (Å²) in [5.74, 6) is -0.701. The standard InChI is InChI=1S/C36H47N13O10/c1-21(50)56-24(16-41-46-37)20-55-30-25(43-35(52)59-36(2,3)4)15-26(44-48-39)31(29(30)51)58-34-28(45-49-40)33(54-19-23-13-9-6-10-14-23)32(27(57-34)17-42-47-38)53-18-22-11-7-5-8-12-22/h5-14,24-34,51H,15-20H2,1-4H3,(H,43,52)/t24-,25-,26?,27?,28?,29-,30?,31?,32+,33-,34-/m1/s1. The van der Waals surface area contributed by atoms with E-state index in [9.17, 15) is 31.3 Å². The number of nitrogens with zero attached hydrogens (tertiary/aromatic N) is 12. The largest absolute Gasteiger partial charge is 0.460 e. The molecule has 2 fully saturated rings. The van der Waals surface area contributed by atoms with Gasteiger partial charge in [0.1, 0.15) is 42.2 Å². The van der Waals surface area contributed by atoms with Crippen molar-refractivity contribution in [2.24, 2.45) is 20.5 Å². The highest BCUT2D eigenvalue weighted by Gasteiger charge is 2.52. The van der Waals surface area contributed by atoms with E-state index >= 15 is 0 Å². The molecule has 23 heteroatoms. The molecule has 23 nitrogen and oxygen atoms in total. The summed E-state index contributed by atoms with van der Waals surface area (Å²) in [4.78, 5) is 36.4. The van der Waals surface area contributed by atoms with Gasteiger partial charge in [-0.05, 0) is 60.4 Å². The molecule has 59 heavy (non-hydrogen) atoms. The fourth-order valence-electron chi connectivity index (χ4n) is 6.58. The number of alkyl carbamates (subject to hydrolysis) is 1. The fraction of sp³-hybridized carbons (Fsp3) is 0.611. The van der Waals surface area contributed by atoms with Crippen LogP contribution in [0, 0.1) is 0 Å². The summed E-state index contributed by atoms with van der Waals surface area (Å²) in [5.41, 5.74) is 38.4. The summed E-state index contributed by atoms with van der Waals surface area (Å²) in [6.07, 6.45) is -11.5. The molecule has 1 saturated carbocycles. The normalized spacial score (nSPS) is 26.9. The molecular formula is C36H47N13O10. The third kappa shape index (κ3) is 14.2. The van der Waals surface area contributed by atoms with Gasteiger partial charge in [-0.2, -0.15) is 0 Å². The molecule has 0 spiro atoms. The molecule has 1 aliphatic carbocycles. The van der Waals surface area contributed by atoms with Gasteiger partial charge in [0, 0.05) is 26.6 Å². The van der Waals surface area contributed by atoms with Crippen molar-refractivity contribution in [1.82, 2.24) is 5.32 Å². The number of esters is 1. The van der Waals surface area contributed by atoms with Crippen LogP contribution in [0.15, 0.2) is 81.1 Å². The number of hydrogen-bond donors (Lipinski definition) is 2. The van der Waals surface area contributed by atoms with Crippen LogP contribution in [-0.4, -0.2) is 110 Å². The van der Waals surface area contributed by atoms with Gasteiger partial charge in [-0.1, -0.05) is 81.1 Å². The molecule has 0 bridgehead atoms. The van der Waals surface area contributed by atoms with Crippen molar-refractivity contribution in [3.05, 3.63) is 114 Å². The SMILES string of the molecule is CC(=O)O[C@H](CN=[N+]=[N-])COC1[C@@H](O)C(O[C@H]2OC(CN=[N+]=[N-])[C@H](OCc3ccccc3)[C@H](OCc3ccccc3)C2N=[N+]=[N-])C(N=[N+]=[N-])C[C@H]1NC(=O)OC(C)(C)C. The lowest BCUT2D eigenvalue weighted by atomic mass is 9.83. The maximum absolute atomic E-state index is 13.0. The summed E-state index contributed by atoms with van der Waals surface area (Å²) in [5, 5.41) is 29.8. The Bertz CT molecular complexity index is 1860. The number of aliphatic hydroxyl groups is 1. The second-order valence-electron chi connectivity index (χ2n) is 14.5. The number of amides is 1. The van der Waals surface area contributed by atoms with Gasteiger partial charge in [0.15, 0.2) is 6.29 Å². The Morgan fingerprint density at radius 2 is 1.46 bits per heavy atom. The van der Waals surface area contributed by atoms with E-state index in [1.54, 1.807) is 20.8 Å². The zero-order valence-electron chi connectivity index (χ0n) is 32.9. The number of benzene rings is 2. The number of ether oxygens (including phenoxy) is 7. The molecule has 0 aromatic heterocycles. The smallest absolute Gasteiger partial charge is 0.407 e. The van der Waals surface area contributed by atoms with Gasteiger partial charge in [-0.15, -0.1) is 0 Å². The van der Waals surface area contributed by atoms with Crippen LogP contribution in [0.2, 0.25) is 0 Å². The van der Waals surface area contributed by atoms with Crippen LogP contribution in [0.3, 0.4) is 0 Å². The van der Waals surface area contributed by atoms with Gasteiger partial charge in [-0.3, -0.25) is 4.79 Å². The minimum atomic E-state index is -1.74. The van der Waals surface area contributed by atoms with Gasteiger partial charge in [-0.25, -0.2) is 4.79 Å². The minimum absolute atomic E-state index is 0.0236. The van der Waals surface area contributed by atoms with Crippen molar-refractivity contribution in [3.63, 3.8) is 0 Å². The highest BCUT2D eigenvalue weighted by molar-refractivity contribution is 5.68. The third-order valence-electron chi connectivity index (χ3n) is 8.99. The number of carbonyl (C=O) groups is 2. The first-order chi connectivity index (χ1) is 28.4. The second-order valence-corrected chi connectivity index (χ2v) is 14.5. The predicted octanol–water partition coefficient (Wildman–Crippen LogP) is 6.22. The van der Waals surface area contributed by atoms with Crippen LogP contribution in [0.25, 0.3) is 41.8 Å². The Hall–Kier alpha value is -5.82. The first-order valence-corrected chi connectivity index (χ1v) is 18.6. The molecular weight excluding hydrogens is 774 g/mol. The van der Waals surface area contributed by atoms with E-state index in [-0.39, 0.29) is 32.7 Å². The molecule has 2 aromatic rings. The van der Waals surface area contributed by atoms with Crippen molar-refractivity contribution in [2.75, 3.05) is 19.7 Å². The molecule has 5 unspecified atom stereocenters. The monoisotopic (exact) mass is 821 g/mol. The molecule has 316 valence electrons. The maximum atomic E-state index is 13.0. The topological polar surface area (TPSA) is 326 Å². The molecule has 1 amide bonds. The number of hydrogen-bond acceptors (Lipinski definition) is 14. The maximum Gasteiger partial charge on any atom is 0.407 e. The highest BCUT2D eigenvalue weighted by atomic mass is 16.7. The lowest BCUT2D eigenvalue weighted by molar-refractivity contribution is -0.302. The third-order valence-corrected chi connectivity index (χ3v) is 8.99. The number of aliphatic hydroxyl groups excluding tert-OH is 1. The lowest BCUT2D eigenvalue weighted by Gasteiger charge is -2.48. The summed E-state index contributed by atoms with van der Waals surface area (Å²) >= 11 is 0. The number of rotatable bonds is 19. The molecule has 11 atom stereocenters. The van der Waals surface area contributed by atoms with E-state index in [1.165, 1.54) is 0 Å². The first-order valence-electron chi connectivity index (χ1n) is 18.6. The van der Waals surface area contributed by atoms with Crippen molar-refractivity contribution >= 4 is 12.1 Å². The van der Waals surface area contributed by atoms with Gasteiger partial charge < -0.3 is 43.6 Å².